The summed E-state index contributed by atoms with van der Waals surface area (Å²) in [6.45, 7) is 5.12. The number of ketones is 2. The topological polar surface area (TPSA) is 76.1 Å². The van der Waals surface area contributed by atoms with Crippen molar-refractivity contribution in [3.8, 4) is 0 Å². The standard InChI is InChI=1S/C13H16N2O3/c1-13(2,3)10(17)8-9(16)12(18)15-11-6-4-5-7-14-11/h4-7H,8H2,1-3H3,(H,14,15,18). The molecule has 5 heteroatoms. The molecule has 0 spiro atoms. The van der Waals surface area contributed by atoms with E-state index in [1.165, 1.54) is 6.20 Å². The number of hydrogen-bond acceptors (Lipinski definition) is 4. The van der Waals surface area contributed by atoms with Crippen molar-refractivity contribution < 1.29 is 14.4 Å². The van der Waals surface area contributed by atoms with Crippen LogP contribution in [-0.2, 0) is 14.4 Å². The Bertz CT molecular complexity index is 461. The zero-order valence-corrected chi connectivity index (χ0v) is 10.7. The van der Waals surface area contributed by atoms with Gasteiger partial charge in [-0.1, -0.05) is 26.8 Å². The fourth-order valence-corrected chi connectivity index (χ4v) is 1.11. The second-order valence-corrected chi connectivity index (χ2v) is 4.94. The number of carbonyl (C=O) groups excluding carboxylic acids is 3. The fraction of sp³-hybridized carbons (Fsp3) is 0.385. The molecule has 18 heavy (non-hydrogen) atoms. The molecule has 0 unspecified atom stereocenters. The fourth-order valence-electron chi connectivity index (χ4n) is 1.11. The summed E-state index contributed by atoms with van der Waals surface area (Å²) in [5.41, 5.74) is -0.624. The van der Waals surface area contributed by atoms with E-state index in [4.69, 9.17) is 0 Å². The van der Waals surface area contributed by atoms with Crippen LogP contribution in [0.3, 0.4) is 0 Å². The molecule has 0 saturated heterocycles. The molecule has 0 radical (unpaired) electrons. The Labute approximate surface area is 106 Å². The van der Waals surface area contributed by atoms with Crippen LogP contribution in [0.1, 0.15) is 27.2 Å². The highest BCUT2D eigenvalue weighted by molar-refractivity contribution is 6.43. The molecule has 0 aromatic carbocycles. The number of Topliss-reactive ketones (excluding diaryl/α,β-unsaturated/α-hetero) is 2. The summed E-state index contributed by atoms with van der Waals surface area (Å²) in [5.74, 6) is -1.53. The first kappa shape index (κ1) is 14.0. The van der Waals surface area contributed by atoms with E-state index < -0.39 is 17.1 Å². The molecule has 0 aliphatic heterocycles. The van der Waals surface area contributed by atoms with Gasteiger partial charge in [0.2, 0.25) is 5.78 Å². The number of hydrogen-bond donors (Lipinski definition) is 1. The molecule has 96 valence electrons. The van der Waals surface area contributed by atoms with Crippen LogP contribution in [0.5, 0.6) is 0 Å². The van der Waals surface area contributed by atoms with E-state index in [9.17, 15) is 14.4 Å². The van der Waals surface area contributed by atoms with Crippen molar-refractivity contribution in [1.82, 2.24) is 4.98 Å². The van der Waals surface area contributed by atoms with Crippen molar-refractivity contribution >= 4 is 23.3 Å². The number of aromatic nitrogens is 1. The van der Waals surface area contributed by atoms with Crippen LogP contribution in [0.2, 0.25) is 0 Å². The molecule has 0 fully saturated rings. The molecule has 5 nitrogen and oxygen atoms in total. The smallest absolute Gasteiger partial charge is 0.293 e. The molecule has 0 atom stereocenters. The van der Waals surface area contributed by atoms with Crippen molar-refractivity contribution in [2.24, 2.45) is 5.41 Å². The van der Waals surface area contributed by atoms with Crippen molar-refractivity contribution in [2.45, 2.75) is 27.2 Å². The highest BCUT2D eigenvalue weighted by Gasteiger charge is 2.26. The Hall–Kier alpha value is -2.04. The number of carbonyl (C=O) groups is 3. The summed E-state index contributed by atoms with van der Waals surface area (Å²) in [4.78, 5) is 38.5. The lowest BCUT2D eigenvalue weighted by Gasteiger charge is -2.15. The monoisotopic (exact) mass is 248 g/mol. The number of nitrogens with zero attached hydrogens (tertiary/aromatic N) is 1. The molecular formula is C13H16N2O3. The second kappa shape index (κ2) is 5.53. The predicted molar refractivity (Wildman–Crippen MR) is 67.0 cm³/mol. The first-order chi connectivity index (χ1) is 8.30. The number of pyridine rings is 1. The molecule has 1 rings (SSSR count). The van der Waals surface area contributed by atoms with E-state index >= 15 is 0 Å². The maximum atomic E-state index is 11.6. The molecule has 1 aromatic rings. The number of anilines is 1. The van der Waals surface area contributed by atoms with Gasteiger partial charge in [-0.05, 0) is 12.1 Å². The van der Waals surface area contributed by atoms with Crippen molar-refractivity contribution in [3.05, 3.63) is 24.4 Å². The summed E-state index contributed by atoms with van der Waals surface area (Å²) in [5, 5.41) is 2.35. The SMILES string of the molecule is CC(C)(C)C(=O)CC(=O)C(=O)Nc1ccccn1. The maximum Gasteiger partial charge on any atom is 0.293 e. The molecule has 1 heterocycles. The zero-order chi connectivity index (χ0) is 13.8. The van der Waals surface area contributed by atoms with Gasteiger partial charge in [-0.2, -0.15) is 0 Å². The average molecular weight is 248 g/mol. The highest BCUT2D eigenvalue weighted by atomic mass is 16.2. The van der Waals surface area contributed by atoms with E-state index in [-0.39, 0.29) is 12.2 Å². The van der Waals surface area contributed by atoms with Gasteiger partial charge in [-0.3, -0.25) is 14.4 Å². The van der Waals surface area contributed by atoms with Crippen LogP contribution < -0.4 is 5.32 Å². The normalized spacial score (nSPS) is 10.8. The number of nitrogens with one attached hydrogen (secondary N) is 1. The van der Waals surface area contributed by atoms with Crippen LogP contribution in [0.25, 0.3) is 0 Å². The Morgan fingerprint density at radius 3 is 2.39 bits per heavy atom. The molecule has 0 aliphatic rings. The third-order valence-electron chi connectivity index (χ3n) is 2.32. The van der Waals surface area contributed by atoms with E-state index in [1.54, 1.807) is 39.0 Å². The predicted octanol–water partition coefficient (Wildman–Crippen LogP) is 1.59. The summed E-state index contributed by atoms with van der Waals surface area (Å²) in [6.07, 6.45) is 1.11. The quantitative estimate of drug-likeness (QED) is 0.648. The minimum Gasteiger partial charge on any atom is -0.304 e. The summed E-state index contributed by atoms with van der Waals surface area (Å²) < 4.78 is 0. The Balaban J connectivity index is 2.58. The maximum absolute atomic E-state index is 11.6. The largest absolute Gasteiger partial charge is 0.304 e. The van der Waals surface area contributed by atoms with Gasteiger partial charge in [0, 0.05) is 11.6 Å². The lowest BCUT2D eigenvalue weighted by molar-refractivity contribution is -0.139. The lowest BCUT2D eigenvalue weighted by atomic mass is 9.88. The highest BCUT2D eigenvalue weighted by Crippen LogP contribution is 2.16. The van der Waals surface area contributed by atoms with Gasteiger partial charge in [0.05, 0.1) is 6.42 Å². The Morgan fingerprint density at radius 2 is 1.89 bits per heavy atom. The van der Waals surface area contributed by atoms with Crippen LogP contribution in [0, 0.1) is 5.41 Å². The van der Waals surface area contributed by atoms with Gasteiger partial charge in [-0.15, -0.1) is 0 Å². The molecule has 1 amide bonds. The summed E-state index contributed by atoms with van der Waals surface area (Å²) in [7, 11) is 0. The van der Waals surface area contributed by atoms with Gasteiger partial charge in [0.25, 0.3) is 5.91 Å². The third-order valence-corrected chi connectivity index (χ3v) is 2.32. The molecule has 0 bridgehead atoms. The number of amides is 1. The second-order valence-electron chi connectivity index (χ2n) is 4.94. The van der Waals surface area contributed by atoms with Gasteiger partial charge in [0.15, 0.2) is 0 Å². The van der Waals surface area contributed by atoms with Gasteiger partial charge < -0.3 is 5.32 Å². The van der Waals surface area contributed by atoms with Crippen LogP contribution >= 0.6 is 0 Å². The third kappa shape index (κ3) is 4.08. The first-order valence-electron chi connectivity index (χ1n) is 5.59. The molecule has 0 aliphatic carbocycles. The minimum atomic E-state index is -0.814. The van der Waals surface area contributed by atoms with E-state index in [1.807, 2.05) is 0 Å². The molecule has 0 saturated carbocycles. The van der Waals surface area contributed by atoms with Gasteiger partial charge >= 0.3 is 0 Å². The first-order valence-corrected chi connectivity index (χ1v) is 5.59. The lowest BCUT2D eigenvalue weighted by Crippen LogP contribution is -2.30. The van der Waals surface area contributed by atoms with Crippen LogP contribution in [0.15, 0.2) is 24.4 Å². The van der Waals surface area contributed by atoms with E-state index in [0.29, 0.717) is 5.82 Å². The van der Waals surface area contributed by atoms with Crippen LogP contribution in [0.4, 0.5) is 5.82 Å². The summed E-state index contributed by atoms with van der Waals surface area (Å²) in [6, 6.07) is 4.95. The molecule has 1 aromatic heterocycles. The van der Waals surface area contributed by atoms with Crippen LogP contribution in [-0.4, -0.2) is 22.5 Å². The van der Waals surface area contributed by atoms with Crippen molar-refractivity contribution in [3.63, 3.8) is 0 Å². The average Bonchev–Trinajstić information content (AvgIpc) is 2.28. The van der Waals surface area contributed by atoms with E-state index in [0.717, 1.165) is 0 Å². The van der Waals surface area contributed by atoms with Crippen molar-refractivity contribution in [1.29, 1.82) is 0 Å². The Morgan fingerprint density at radius 1 is 1.22 bits per heavy atom. The molecular weight excluding hydrogens is 232 g/mol. The summed E-state index contributed by atoms with van der Waals surface area (Å²) >= 11 is 0. The Kier molecular flexibility index (Phi) is 4.31. The number of rotatable bonds is 4. The van der Waals surface area contributed by atoms with Gasteiger partial charge in [0.1, 0.15) is 11.6 Å². The van der Waals surface area contributed by atoms with Gasteiger partial charge in [-0.25, -0.2) is 4.98 Å². The van der Waals surface area contributed by atoms with E-state index in [2.05, 4.69) is 10.3 Å². The minimum absolute atomic E-state index is 0.260. The van der Waals surface area contributed by atoms with Crippen molar-refractivity contribution in [2.75, 3.05) is 5.32 Å². The zero-order valence-electron chi connectivity index (χ0n) is 10.7. The molecule has 1 N–H and O–H groups in total.